The molecule has 0 amide bonds. The number of ether oxygens (including phenoxy) is 1. The molecule has 0 bridgehead atoms. The lowest BCUT2D eigenvalue weighted by molar-refractivity contribution is -0.142. The molecule has 0 unspecified atom stereocenters. The van der Waals surface area contributed by atoms with Gasteiger partial charge in [-0.15, -0.1) is 0 Å². The second kappa shape index (κ2) is 4.24. The topological polar surface area (TPSA) is 52.3 Å². The summed E-state index contributed by atoms with van der Waals surface area (Å²) in [5, 5.41) is 0. The van der Waals surface area contributed by atoms with Crippen LogP contribution in [0, 0.1) is 13.8 Å². The lowest BCUT2D eigenvalue weighted by Crippen LogP contribution is -2.24. The van der Waals surface area contributed by atoms with Gasteiger partial charge in [0.15, 0.2) is 0 Å². The van der Waals surface area contributed by atoms with Crippen LogP contribution in [0.5, 0.6) is 0 Å². The molecular weight excluding hydrogens is 178 g/mol. The summed E-state index contributed by atoms with van der Waals surface area (Å²) < 4.78 is 4.61. The SMILES string of the molecule is COC(=O)[C@@H](N)c1c(C)cccc1C. The predicted molar refractivity (Wildman–Crippen MR) is 54.9 cm³/mol. The van der Waals surface area contributed by atoms with E-state index in [1.54, 1.807) is 0 Å². The minimum atomic E-state index is -0.679. The van der Waals surface area contributed by atoms with Crippen LogP contribution in [0.2, 0.25) is 0 Å². The van der Waals surface area contributed by atoms with Crippen molar-refractivity contribution in [2.75, 3.05) is 7.11 Å². The highest BCUT2D eigenvalue weighted by molar-refractivity contribution is 5.78. The average molecular weight is 193 g/mol. The molecule has 0 fully saturated rings. The number of hydrogen-bond acceptors (Lipinski definition) is 3. The molecule has 0 saturated carbocycles. The highest BCUT2D eigenvalue weighted by Crippen LogP contribution is 2.20. The Morgan fingerprint density at radius 2 is 1.86 bits per heavy atom. The van der Waals surface area contributed by atoms with Crippen LogP contribution < -0.4 is 5.73 Å². The van der Waals surface area contributed by atoms with Crippen molar-refractivity contribution < 1.29 is 9.53 Å². The van der Waals surface area contributed by atoms with Gasteiger partial charge in [-0.2, -0.15) is 0 Å². The van der Waals surface area contributed by atoms with Gasteiger partial charge in [0.25, 0.3) is 0 Å². The Morgan fingerprint density at radius 1 is 1.36 bits per heavy atom. The molecule has 2 N–H and O–H groups in total. The molecular formula is C11H15NO2. The molecule has 1 aromatic carbocycles. The van der Waals surface area contributed by atoms with Gasteiger partial charge in [0.1, 0.15) is 6.04 Å². The summed E-state index contributed by atoms with van der Waals surface area (Å²) in [6.07, 6.45) is 0. The molecule has 0 spiro atoms. The molecule has 0 aliphatic carbocycles. The molecule has 3 nitrogen and oxygen atoms in total. The standard InChI is InChI=1S/C11H15NO2/c1-7-5-4-6-8(2)9(7)10(12)11(13)14-3/h4-6,10H,12H2,1-3H3/t10-/m0/s1. The quantitative estimate of drug-likeness (QED) is 0.724. The van der Waals surface area contributed by atoms with Gasteiger partial charge in [-0.1, -0.05) is 18.2 Å². The molecule has 0 radical (unpaired) electrons. The average Bonchev–Trinajstić information content (AvgIpc) is 2.16. The van der Waals surface area contributed by atoms with Gasteiger partial charge in [0.2, 0.25) is 0 Å². The number of hydrogen-bond donors (Lipinski definition) is 1. The first-order valence-electron chi connectivity index (χ1n) is 4.47. The molecule has 14 heavy (non-hydrogen) atoms. The Balaban J connectivity index is 3.11. The van der Waals surface area contributed by atoms with Crippen molar-refractivity contribution in [2.24, 2.45) is 5.73 Å². The highest BCUT2D eigenvalue weighted by Gasteiger charge is 2.19. The predicted octanol–water partition coefficient (Wildman–Crippen LogP) is 1.48. The van der Waals surface area contributed by atoms with E-state index in [9.17, 15) is 4.79 Å². The van der Waals surface area contributed by atoms with E-state index in [1.807, 2.05) is 32.0 Å². The van der Waals surface area contributed by atoms with Crippen LogP contribution in [0.15, 0.2) is 18.2 Å². The first-order valence-corrected chi connectivity index (χ1v) is 4.47. The molecule has 76 valence electrons. The van der Waals surface area contributed by atoms with E-state index in [0.29, 0.717) is 0 Å². The van der Waals surface area contributed by atoms with Gasteiger partial charge in [-0.05, 0) is 30.5 Å². The van der Waals surface area contributed by atoms with Gasteiger partial charge in [0, 0.05) is 0 Å². The Labute approximate surface area is 83.9 Å². The maximum absolute atomic E-state index is 11.3. The van der Waals surface area contributed by atoms with E-state index in [-0.39, 0.29) is 0 Å². The van der Waals surface area contributed by atoms with Crippen LogP contribution in [-0.4, -0.2) is 13.1 Å². The summed E-state index contributed by atoms with van der Waals surface area (Å²) >= 11 is 0. The van der Waals surface area contributed by atoms with Crippen molar-refractivity contribution in [2.45, 2.75) is 19.9 Å². The first-order chi connectivity index (χ1) is 6.57. The highest BCUT2D eigenvalue weighted by atomic mass is 16.5. The zero-order chi connectivity index (χ0) is 10.7. The molecule has 0 saturated heterocycles. The maximum atomic E-state index is 11.3. The first kappa shape index (κ1) is 10.7. The number of nitrogens with two attached hydrogens (primary N) is 1. The zero-order valence-corrected chi connectivity index (χ0v) is 8.70. The largest absolute Gasteiger partial charge is 0.468 e. The molecule has 0 aliphatic rings. The van der Waals surface area contributed by atoms with E-state index in [2.05, 4.69) is 4.74 Å². The molecule has 1 aromatic rings. The number of carbonyl (C=O) groups excluding carboxylic acids is 1. The summed E-state index contributed by atoms with van der Waals surface area (Å²) in [5.41, 5.74) is 8.67. The minimum absolute atomic E-state index is 0.401. The number of benzene rings is 1. The van der Waals surface area contributed by atoms with Gasteiger partial charge < -0.3 is 10.5 Å². The minimum Gasteiger partial charge on any atom is -0.468 e. The third-order valence-electron chi connectivity index (χ3n) is 2.31. The fourth-order valence-corrected chi connectivity index (χ4v) is 1.56. The monoisotopic (exact) mass is 193 g/mol. The second-order valence-corrected chi connectivity index (χ2v) is 3.31. The van der Waals surface area contributed by atoms with Crippen LogP contribution in [0.25, 0.3) is 0 Å². The van der Waals surface area contributed by atoms with Crippen molar-refractivity contribution in [3.63, 3.8) is 0 Å². The van der Waals surface area contributed by atoms with E-state index in [1.165, 1.54) is 7.11 Å². The van der Waals surface area contributed by atoms with Crippen LogP contribution in [0.1, 0.15) is 22.7 Å². The van der Waals surface area contributed by atoms with Gasteiger partial charge >= 0.3 is 5.97 Å². The van der Waals surface area contributed by atoms with Crippen LogP contribution in [-0.2, 0) is 9.53 Å². The third-order valence-corrected chi connectivity index (χ3v) is 2.31. The van der Waals surface area contributed by atoms with Crippen LogP contribution in [0.3, 0.4) is 0 Å². The third kappa shape index (κ3) is 1.93. The lowest BCUT2D eigenvalue weighted by Gasteiger charge is -2.14. The number of carbonyl (C=O) groups is 1. The molecule has 3 heteroatoms. The van der Waals surface area contributed by atoms with Crippen molar-refractivity contribution in [1.82, 2.24) is 0 Å². The van der Waals surface area contributed by atoms with Gasteiger partial charge in [0.05, 0.1) is 7.11 Å². The van der Waals surface area contributed by atoms with E-state index in [0.717, 1.165) is 16.7 Å². The molecule has 1 rings (SSSR count). The lowest BCUT2D eigenvalue weighted by atomic mass is 9.97. The maximum Gasteiger partial charge on any atom is 0.327 e. The number of aryl methyl sites for hydroxylation is 2. The zero-order valence-electron chi connectivity index (χ0n) is 8.70. The van der Waals surface area contributed by atoms with Gasteiger partial charge in [-0.3, -0.25) is 4.79 Å². The fourth-order valence-electron chi connectivity index (χ4n) is 1.56. The van der Waals surface area contributed by atoms with Crippen LogP contribution in [0.4, 0.5) is 0 Å². The fraction of sp³-hybridized carbons (Fsp3) is 0.364. The smallest absolute Gasteiger partial charge is 0.327 e. The Bertz CT molecular complexity index is 327. The normalized spacial score (nSPS) is 12.3. The molecule has 0 aliphatic heterocycles. The number of methoxy groups -OCH3 is 1. The van der Waals surface area contributed by atoms with E-state index < -0.39 is 12.0 Å². The number of rotatable bonds is 2. The van der Waals surface area contributed by atoms with Crippen molar-refractivity contribution in [3.05, 3.63) is 34.9 Å². The van der Waals surface area contributed by atoms with Crippen LogP contribution >= 0.6 is 0 Å². The summed E-state index contributed by atoms with van der Waals surface area (Å²) in [6, 6.07) is 5.13. The summed E-state index contributed by atoms with van der Waals surface area (Å²) in [6.45, 7) is 3.87. The van der Waals surface area contributed by atoms with E-state index in [4.69, 9.17) is 5.73 Å². The van der Waals surface area contributed by atoms with Crippen molar-refractivity contribution >= 4 is 5.97 Å². The Kier molecular flexibility index (Phi) is 3.25. The second-order valence-electron chi connectivity index (χ2n) is 3.31. The van der Waals surface area contributed by atoms with Crippen molar-refractivity contribution in [1.29, 1.82) is 0 Å². The van der Waals surface area contributed by atoms with E-state index >= 15 is 0 Å². The van der Waals surface area contributed by atoms with Gasteiger partial charge in [-0.25, -0.2) is 0 Å². The number of esters is 1. The molecule has 1 atom stereocenters. The Hall–Kier alpha value is -1.35. The molecule has 0 aromatic heterocycles. The molecule has 0 heterocycles. The summed E-state index contributed by atoms with van der Waals surface area (Å²) in [4.78, 5) is 11.3. The van der Waals surface area contributed by atoms with Crippen molar-refractivity contribution in [3.8, 4) is 0 Å². The summed E-state index contributed by atoms with van der Waals surface area (Å²) in [5.74, 6) is -0.401. The summed E-state index contributed by atoms with van der Waals surface area (Å²) in [7, 11) is 1.34. The Morgan fingerprint density at radius 3 is 2.29 bits per heavy atom.